The predicted octanol–water partition coefficient (Wildman–Crippen LogP) is 4.66. The number of nitrogens with one attached hydrogen (secondary N) is 1. The van der Waals surface area contributed by atoms with Crippen LogP contribution in [0.5, 0.6) is 0 Å². The summed E-state index contributed by atoms with van der Waals surface area (Å²) in [5.41, 5.74) is 2.25. The molecule has 170 valence electrons. The SMILES string of the molecule is CCCN(CCC(=O)OCC)C(=O)CCNc1ncnc2sc(C)c(-c3ccccc3)c12. The molecule has 0 saturated heterocycles. The fraction of sp³-hybridized carbons (Fsp3) is 0.417. The maximum absolute atomic E-state index is 12.8. The van der Waals surface area contributed by atoms with Crippen molar-refractivity contribution in [1.29, 1.82) is 0 Å². The van der Waals surface area contributed by atoms with Crippen molar-refractivity contribution < 1.29 is 14.3 Å². The number of carbonyl (C=O) groups is 2. The smallest absolute Gasteiger partial charge is 0.307 e. The van der Waals surface area contributed by atoms with E-state index in [1.54, 1.807) is 29.5 Å². The number of anilines is 1. The van der Waals surface area contributed by atoms with Gasteiger partial charge in [0.25, 0.3) is 0 Å². The maximum atomic E-state index is 12.8. The summed E-state index contributed by atoms with van der Waals surface area (Å²) < 4.78 is 4.98. The summed E-state index contributed by atoms with van der Waals surface area (Å²) in [4.78, 5) is 37.2. The van der Waals surface area contributed by atoms with Crippen molar-refractivity contribution in [1.82, 2.24) is 14.9 Å². The van der Waals surface area contributed by atoms with E-state index in [0.29, 0.717) is 32.7 Å². The van der Waals surface area contributed by atoms with Crippen LogP contribution in [0.15, 0.2) is 36.7 Å². The molecular weight excluding hydrogens is 424 g/mol. The molecule has 0 aliphatic rings. The van der Waals surface area contributed by atoms with Gasteiger partial charge < -0.3 is 15.0 Å². The molecule has 0 unspecified atom stereocenters. The van der Waals surface area contributed by atoms with Crippen LogP contribution in [0.1, 0.15) is 38.0 Å². The number of benzene rings is 1. The number of aryl methyl sites for hydroxylation is 1. The molecule has 1 N–H and O–H groups in total. The summed E-state index contributed by atoms with van der Waals surface area (Å²) >= 11 is 1.64. The Labute approximate surface area is 192 Å². The highest BCUT2D eigenvalue weighted by Gasteiger charge is 2.18. The maximum Gasteiger partial charge on any atom is 0.307 e. The number of thiophene rings is 1. The lowest BCUT2D eigenvalue weighted by atomic mass is 10.0. The van der Waals surface area contributed by atoms with Crippen LogP contribution in [-0.4, -0.2) is 53.0 Å². The molecule has 3 rings (SSSR count). The normalized spacial score (nSPS) is 10.8. The first-order valence-corrected chi connectivity index (χ1v) is 11.8. The molecule has 0 spiro atoms. The van der Waals surface area contributed by atoms with E-state index < -0.39 is 0 Å². The molecule has 32 heavy (non-hydrogen) atoms. The molecule has 7 nitrogen and oxygen atoms in total. The molecule has 3 aromatic rings. The lowest BCUT2D eigenvalue weighted by molar-refractivity contribution is -0.144. The fourth-order valence-electron chi connectivity index (χ4n) is 3.67. The minimum Gasteiger partial charge on any atom is -0.466 e. The van der Waals surface area contributed by atoms with Crippen molar-refractivity contribution in [3.8, 4) is 11.1 Å². The molecule has 2 aromatic heterocycles. The Morgan fingerprint density at radius 2 is 1.88 bits per heavy atom. The van der Waals surface area contributed by atoms with Crippen LogP contribution in [0.25, 0.3) is 21.3 Å². The van der Waals surface area contributed by atoms with E-state index in [4.69, 9.17) is 4.74 Å². The first-order chi connectivity index (χ1) is 15.5. The predicted molar refractivity (Wildman–Crippen MR) is 129 cm³/mol. The molecule has 8 heteroatoms. The van der Waals surface area contributed by atoms with E-state index in [1.807, 2.05) is 25.1 Å². The van der Waals surface area contributed by atoms with E-state index in [0.717, 1.165) is 33.6 Å². The minimum atomic E-state index is -0.274. The van der Waals surface area contributed by atoms with Crippen molar-refractivity contribution in [2.75, 3.05) is 31.6 Å². The number of nitrogens with zero attached hydrogens (tertiary/aromatic N) is 3. The van der Waals surface area contributed by atoms with E-state index in [1.165, 1.54) is 4.88 Å². The summed E-state index contributed by atoms with van der Waals surface area (Å²) in [6.45, 7) is 7.70. The Morgan fingerprint density at radius 1 is 1.09 bits per heavy atom. The number of amides is 1. The van der Waals surface area contributed by atoms with Gasteiger partial charge in [0.2, 0.25) is 5.91 Å². The van der Waals surface area contributed by atoms with Crippen molar-refractivity contribution in [2.24, 2.45) is 0 Å². The van der Waals surface area contributed by atoms with Gasteiger partial charge in [-0.1, -0.05) is 37.3 Å². The lowest BCUT2D eigenvalue weighted by Gasteiger charge is -2.22. The van der Waals surface area contributed by atoms with Gasteiger partial charge in [-0.05, 0) is 25.8 Å². The topological polar surface area (TPSA) is 84.4 Å². The lowest BCUT2D eigenvalue weighted by Crippen LogP contribution is -2.35. The van der Waals surface area contributed by atoms with Crippen LogP contribution in [0.2, 0.25) is 0 Å². The van der Waals surface area contributed by atoms with Crippen LogP contribution in [0, 0.1) is 6.92 Å². The Kier molecular flexibility index (Phi) is 8.56. The van der Waals surface area contributed by atoms with E-state index in [-0.39, 0.29) is 18.3 Å². The van der Waals surface area contributed by atoms with E-state index in [9.17, 15) is 9.59 Å². The van der Waals surface area contributed by atoms with Gasteiger partial charge in [0.1, 0.15) is 17.0 Å². The van der Waals surface area contributed by atoms with Gasteiger partial charge in [-0.15, -0.1) is 11.3 Å². The quantitative estimate of drug-likeness (QED) is 0.424. The number of aromatic nitrogens is 2. The first kappa shape index (κ1) is 23.7. The van der Waals surface area contributed by atoms with Gasteiger partial charge in [-0.3, -0.25) is 9.59 Å². The molecule has 0 aliphatic carbocycles. The molecular formula is C24H30N4O3S. The number of carbonyl (C=O) groups excluding carboxylic acids is 2. The highest BCUT2D eigenvalue weighted by Crippen LogP contribution is 2.40. The van der Waals surface area contributed by atoms with Crippen molar-refractivity contribution in [3.63, 3.8) is 0 Å². The summed E-state index contributed by atoms with van der Waals surface area (Å²) in [5, 5.41) is 4.33. The Bertz CT molecular complexity index is 1050. The molecule has 0 fully saturated rings. The number of esters is 1. The van der Waals surface area contributed by atoms with Crippen molar-refractivity contribution in [2.45, 2.75) is 40.0 Å². The minimum absolute atomic E-state index is 0.0127. The second-order valence-electron chi connectivity index (χ2n) is 7.41. The number of ether oxygens (including phenoxy) is 1. The van der Waals surface area contributed by atoms with Gasteiger partial charge in [0.15, 0.2) is 0 Å². The van der Waals surface area contributed by atoms with Crippen LogP contribution >= 0.6 is 11.3 Å². The number of hydrogen-bond acceptors (Lipinski definition) is 7. The molecule has 0 atom stereocenters. The molecule has 1 amide bonds. The van der Waals surface area contributed by atoms with E-state index >= 15 is 0 Å². The largest absolute Gasteiger partial charge is 0.466 e. The zero-order valence-corrected chi connectivity index (χ0v) is 19.7. The van der Waals surface area contributed by atoms with Crippen molar-refractivity contribution in [3.05, 3.63) is 41.5 Å². The van der Waals surface area contributed by atoms with Gasteiger partial charge in [-0.25, -0.2) is 9.97 Å². The standard InChI is InChI=1S/C24H30N4O3S/c1-4-14-28(15-12-20(30)31-5-2)19(29)11-13-25-23-22-21(18-9-7-6-8-10-18)17(3)32-24(22)27-16-26-23/h6-10,16H,4-5,11-15H2,1-3H3,(H,25,26,27). The third kappa shape index (κ3) is 5.82. The third-order valence-corrected chi connectivity index (χ3v) is 6.11. The molecule has 0 bridgehead atoms. The number of rotatable bonds is 11. The summed E-state index contributed by atoms with van der Waals surface area (Å²) in [6.07, 6.45) is 2.93. The van der Waals surface area contributed by atoms with Crippen LogP contribution in [-0.2, 0) is 14.3 Å². The average molecular weight is 455 g/mol. The van der Waals surface area contributed by atoms with Crippen LogP contribution < -0.4 is 5.32 Å². The highest BCUT2D eigenvalue weighted by atomic mass is 32.1. The molecule has 2 heterocycles. The van der Waals surface area contributed by atoms with Crippen LogP contribution in [0.4, 0.5) is 5.82 Å². The van der Waals surface area contributed by atoms with E-state index in [2.05, 4.69) is 34.3 Å². The zero-order chi connectivity index (χ0) is 22.9. The Hall–Kier alpha value is -3.00. The summed E-state index contributed by atoms with van der Waals surface area (Å²) in [5.74, 6) is 0.475. The number of hydrogen-bond donors (Lipinski definition) is 1. The second-order valence-corrected chi connectivity index (χ2v) is 8.62. The van der Waals surface area contributed by atoms with Crippen molar-refractivity contribution >= 4 is 39.2 Å². The van der Waals surface area contributed by atoms with Gasteiger partial charge in [0, 0.05) is 36.5 Å². The highest BCUT2D eigenvalue weighted by molar-refractivity contribution is 7.19. The number of fused-ring (bicyclic) bond motifs is 1. The van der Waals surface area contributed by atoms with Gasteiger partial charge in [0.05, 0.1) is 18.4 Å². The molecule has 0 aliphatic heterocycles. The Morgan fingerprint density at radius 3 is 2.59 bits per heavy atom. The Balaban J connectivity index is 1.69. The summed E-state index contributed by atoms with van der Waals surface area (Å²) in [7, 11) is 0. The zero-order valence-electron chi connectivity index (χ0n) is 18.9. The fourth-order valence-corrected chi connectivity index (χ4v) is 4.68. The molecule has 1 aromatic carbocycles. The third-order valence-electron chi connectivity index (χ3n) is 5.10. The second kappa shape index (κ2) is 11.6. The molecule has 0 saturated carbocycles. The van der Waals surface area contributed by atoms with Gasteiger partial charge >= 0.3 is 5.97 Å². The average Bonchev–Trinajstić information content (AvgIpc) is 3.14. The first-order valence-electron chi connectivity index (χ1n) is 11.0. The van der Waals surface area contributed by atoms with Crippen LogP contribution in [0.3, 0.4) is 0 Å². The monoisotopic (exact) mass is 454 g/mol. The van der Waals surface area contributed by atoms with Gasteiger partial charge in [-0.2, -0.15) is 0 Å². The molecule has 0 radical (unpaired) electrons. The summed E-state index contributed by atoms with van der Waals surface area (Å²) in [6, 6.07) is 10.2.